The number of carbonyl (C=O) groups excluding carboxylic acids is 1. The van der Waals surface area contributed by atoms with Crippen LogP contribution in [0.2, 0.25) is 0 Å². The Morgan fingerprint density at radius 3 is 2.62 bits per heavy atom. The highest BCUT2D eigenvalue weighted by Gasteiger charge is 2.56. The molecule has 0 radical (unpaired) electrons. The molecule has 0 spiro atoms. The van der Waals surface area contributed by atoms with Crippen molar-refractivity contribution in [3.63, 3.8) is 0 Å². The summed E-state index contributed by atoms with van der Waals surface area (Å²) < 4.78 is 0. The van der Waals surface area contributed by atoms with Crippen LogP contribution in [0.5, 0.6) is 0 Å². The first-order valence-corrected chi connectivity index (χ1v) is 5.17. The van der Waals surface area contributed by atoms with Crippen molar-refractivity contribution in [2.24, 2.45) is 23.5 Å². The molecule has 0 aromatic carbocycles. The van der Waals surface area contributed by atoms with E-state index in [2.05, 4.69) is 17.5 Å². The standard InChI is InChI=1S/C9H14N2OS/c10-7(13)4-11-9(12)8-5-2-1-3-6(5)8/h5-6,8H,1-4H2,(H2,10,13)(H,11,12). The predicted molar refractivity (Wildman–Crippen MR) is 54.1 cm³/mol. The number of hydrogen-bond acceptors (Lipinski definition) is 2. The van der Waals surface area contributed by atoms with Crippen LogP contribution in [0.1, 0.15) is 19.3 Å². The van der Waals surface area contributed by atoms with Gasteiger partial charge in [0.25, 0.3) is 0 Å². The molecule has 2 atom stereocenters. The molecule has 1 amide bonds. The van der Waals surface area contributed by atoms with Gasteiger partial charge in [-0.1, -0.05) is 18.6 Å². The lowest BCUT2D eigenvalue weighted by atomic mass is 10.1. The Balaban J connectivity index is 1.77. The Kier molecular flexibility index (Phi) is 2.24. The molecule has 0 bridgehead atoms. The number of fused-ring (bicyclic) bond motifs is 1. The molecule has 3 N–H and O–H groups in total. The van der Waals surface area contributed by atoms with Crippen molar-refractivity contribution in [1.82, 2.24) is 5.32 Å². The van der Waals surface area contributed by atoms with E-state index in [0.29, 0.717) is 23.4 Å². The SMILES string of the molecule is NC(=S)CNC(=O)C1C2CCCC21. The third kappa shape index (κ3) is 1.68. The molecule has 4 heteroatoms. The van der Waals surface area contributed by atoms with E-state index in [-0.39, 0.29) is 11.8 Å². The van der Waals surface area contributed by atoms with Gasteiger partial charge in [-0.3, -0.25) is 4.79 Å². The molecule has 2 fully saturated rings. The largest absolute Gasteiger partial charge is 0.392 e. The van der Waals surface area contributed by atoms with E-state index in [4.69, 9.17) is 5.73 Å². The number of rotatable bonds is 3. The summed E-state index contributed by atoms with van der Waals surface area (Å²) >= 11 is 4.69. The summed E-state index contributed by atoms with van der Waals surface area (Å²) in [5.41, 5.74) is 5.29. The van der Waals surface area contributed by atoms with E-state index < -0.39 is 0 Å². The van der Waals surface area contributed by atoms with Crippen LogP contribution in [-0.2, 0) is 4.79 Å². The van der Waals surface area contributed by atoms with Crippen molar-refractivity contribution in [2.45, 2.75) is 19.3 Å². The lowest BCUT2D eigenvalue weighted by Gasteiger charge is -2.04. The zero-order valence-electron chi connectivity index (χ0n) is 7.45. The highest BCUT2D eigenvalue weighted by atomic mass is 32.1. The minimum Gasteiger partial charge on any atom is -0.392 e. The minimum atomic E-state index is 0.155. The first-order chi connectivity index (χ1) is 6.20. The van der Waals surface area contributed by atoms with Gasteiger partial charge in [0, 0.05) is 5.92 Å². The molecular weight excluding hydrogens is 184 g/mol. The summed E-state index contributed by atoms with van der Waals surface area (Å²) in [5, 5.41) is 2.77. The summed E-state index contributed by atoms with van der Waals surface area (Å²) in [6, 6.07) is 0. The van der Waals surface area contributed by atoms with Gasteiger partial charge in [0.2, 0.25) is 5.91 Å². The van der Waals surface area contributed by atoms with Crippen LogP contribution < -0.4 is 11.1 Å². The maximum absolute atomic E-state index is 11.5. The van der Waals surface area contributed by atoms with Gasteiger partial charge < -0.3 is 11.1 Å². The molecular formula is C9H14N2OS. The quantitative estimate of drug-likeness (QED) is 0.647. The van der Waals surface area contributed by atoms with Gasteiger partial charge in [-0.05, 0) is 24.7 Å². The smallest absolute Gasteiger partial charge is 0.224 e. The Labute approximate surface area is 83.1 Å². The Morgan fingerprint density at radius 2 is 2.08 bits per heavy atom. The molecule has 2 aliphatic rings. The highest BCUT2D eigenvalue weighted by molar-refractivity contribution is 7.80. The first-order valence-electron chi connectivity index (χ1n) is 4.76. The monoisotopic (exact) mass is 198 g/mol. The summed E-state index contributed by atoms with van der Waals surface area (Å²) in [6.07, 6.45) is 3.76. The summed E-state index contributed by atoms with van der Waals surface area (Å²) in [7, 11) is 0. The van der Waals surface area contributed by atoms with Crippen LogP contribution in [-0.4, -0.2) is 17.4 Å². The second kappa shape index (κ2) is 3.25. The molecule has 2 aliphatic carbocycles. The highest BCUT2D eigenvalue weighted by Crippen LogP contribution is 2.57. The fourth-order valence-electron chi connectivity index (χ4n) is 2.50. The molecule has 0 aromatic rings. The topological polar surface area (TPSA) is 55.1 Å². The molecule has 13 heavy (non-hydrogen) atoms. The first kappa shape index (κ1) is 8.94. The maximum atomic E-state index is 11.5. The number of nitrogens with two attached hydrogens (primary N) is 1. The molecule has 0 aliphatic heterocycles. The molecule has 0 aromatic heterocycles. The van der Waals surface area contributed by atoms with Gasteiger partial charge >= 0.3 is 0 Å². The number of thiocarbonyl (C=S) groups is 1. The number of carbonyl (C=O) groups is 1. The Morgan fingerprint density at radius 1 is 1.46 bits per heavy atom. The van der Waals surface area contributed by atoms with E-state index >= 15 is 0 Å². The fourth-order valence-corrected chi connectivity index (χ4v) is 2.57. The molecule has 72 valence electrons. The van der Waals surface area contributed by atoms with Crippen LogP contribution in [0.15, 0.2) is 0 Å². The molecule has 2 rings (SSSR count). The Bertz CT molecular complexity index is 244. The average Bonchev–Trinajstić information content (AvgIpc) is 2.56. The molecule has 0 saturated heterocycles. The maximum Gasteiger partial charge on any atom is 0.224 e. The number of amides is 1. The normalized spacial score (nSPS) is 35.2. The van der Waals surface area contributed by atoms with Crippen molar-refractivity contribution in [3.05, 3.63) is 0 Å². The summed E-state index contributed by atoms with van der Waals surface area (Å²) in [6.45, 7) is 0.351. The van der Waals surface area contributed by atoms with Gasteiger partial charge in [0.15, 0.2) is 0 Å². The third-order valence-corrected chi connectivity index (χ3v) is 3.29. The predicted octanol–water partition coefficient (Wildman–Crippen LogP) is 0.435. The summed E-state index contributed by atoms with van der Waals surface area (Å²) in [5.74, 6) is 1.78. The van der Waals surface area contributed by atoms with E-state index in [1.165, 1.54) is 19.3 Å². The van der Waals surface area contributed by atoms with Crippen molar-refractivity contribution < 1.29 is 4.79 Å². The molecule has 3 nitrogen and oxygen atoms in total. The number of hydrogen-bond donors (Lipinski definition) is 2. The van der Waals surface area contributed by atoms with Crippen LogP contribution >= 0.6 is 12.2 Å². The second-order valence-electron chi connectivity index (χ2n) is 3.97. The van der Waals surface area contributed by atoms with Crippen molar-refractivity contribution in [3.8, 4) is 0 Å². The van der Waals surface area contributed by atoms with E-state index in [1.807, 2.05) is 0 Å². The van der Waals surface area contributed by atoms with Gasteiger partial charge in [0.05, 0.1) is 11.5 Å². The van der Waals surface area contributed by atoms with Crippen LogP contribution in [0.4, 0.5) is 0 Å². The lowest BCUT2D eigenvalue weighted by Crippen LogP contribution is -2.34. The van der Waals surface area contributed by atoms with Crippen LogP contribution in [0, 0.1) is 17.8 Å². The third-order valence-electron chi connectivity index (χ3n) is 3.15. The number of nitrogens with one attached hydrogen (secondary N) is 1. The van der Waals surface area contributed by atoms with Crippen molar-refractivity contribution >= 4 is 23.1 Å². The van der Waals surface area contributed by atoms with Crippen LogP contribution in [0.25, 0.3) is 0 Å². The Hall–Kier alpha value is -0.640. The van der Waals surface area contributed by atoms with E-state index in [1.54, 1.807) is 0 Å². The molecule has 2 saturated carbocycles. The van der Waals surface area contributed by atoms with E-state index in [9.17, 15) is 4.79 Å². The van der Waals surface area contributed by atoms with Crippen molar-refractivity contribution in [1.29, 1.82) is 0 Å². The second-order valence-corrected chi connectivity index (χ2v) is 4.49. The van der Waals surface area contributed by atoms with Crippen LogP contribution in [0.3, 0.4) is 0 Å². The average molecular weight is 198 g/mol. The zero-order chi connectivity index (χ0) is 9.42. The van der Waals surface area contributed by atoms with E-state index in [0.717, 1.165) is 0 Å². The zero-order valence-corrected chi connectivity index (χ0v) is 8.27. The minimum absolute atomic E-state index is 0.155. The molecule has 2 unspecified atom stereocenters. The van der Waals surface area contributed by atoms with Gasteiger partial charge in [-0.2, -0.15) is 0 Å². The van der Waals surface area contributed by atoms with Gasteiger partial charge in [-0.25, -0.2) is 0 Å². The molecule has 0 heterocycles. The van der Waals surface area contributed by atoms with Gasteiger partial charge in [0.1, 0.15) is 0 Å². The lowest BCUT2D eigenvalue weighted by molar-refractivity contribution is -0.122. The fraction of sp³-hybridized carbons (Fsp3) is 0.778. The van der Waals surface area contributed by atoms with Crippen molar-refractivity contribution in [2.75, 3.05) is 6.54 Å². The van der Waals surface area contributed by atoms with Gasteiger partial charge in [-0.15, -0.1) is 0 Å². The summed E-state index contributed by atoms with van der Waals surface area (Å²) in [4.78, 5) is 11.9.